The van der Waals surface area contributed by atoms with E-state index in [1.807, 2.05) is 0 Å². The highest BCUT2D eigenvalue weighted by Crippen LogP contribution is 2.30. The van der Waals surface area contributed by atoms with E-state index in [1.165, 1.54) is 0 Å². The third-order valence-electron chi connectivity index (χ3n) is 3.21. The molecule has 1 aromatic carbocycles. The Hall–Kier alpha value is -1.89. The van der Waals surface area contributed by atoms with Crippen molar-refractivity contribution >= 4 is 0 Å². The van der Waals surface area contributed by atoms with E-state index >= 15 is 0 Å². The smallest absolute Gasteiger partial charge is 0.253 e. The molecule has 4 nitrogen and oxygen atoms in total. The van der Waals surface area contributed by atoms with Crippen molar-refractivity contribution in [1.82, 2.24) is 10.2 Å². The monoisotopic (exact) mass is 284 g/mol. The van der Waals surface area contributed by atoms with Crippen molar-refractivity contribution in [3.05, 3.63) is 35.5 Å². The Labute approximate surface area is 112 Å². The normalized spacial score (nSPS) is 19.2. The lowest BCUT2D eigenvalue weighted by molar-refractivity contribution is 0.0727. The molecule has 0 aliphatic carbocycles. The molecule has 1 saturated heterocycles. The Bertz CT molecular complexity index is 624. The Morgan fingerprint density at radius 2 is 1.90 bits per heavy atom. The summed E-state index contributed by atoms with van der Waals surface area (Å²) in [5.74, 6) is -3.64. The molecule has 0 radical (unpaired) electrons. The van der Waals surface area contributed by atoms with E-state index in [2.05, 4.69) is 10.2 Å². The Morgan fingerprint density at radius 3 is 2.65 bits per heavy atom. The van der Waals surface area contributed by atoms with Crippen LogP contribution in [0.15, 0.2) is 16.5 Å². The highest BCUT2D eigenvalue weighted by atomic mass is 19.2. The van der Waals surface area contributed by atoms with Gasteiger partial charge in [-0.2, -0.15) is 0 Å². The van der Waals surface area contributed by atoms with E-state index in [0.29, 0.717) is 19.3 Å². The van der Waals surface area contributed by atoms with E-state index in [0.717, 1.165) is 18.9 Å². The Balaban J connectivity index is 1.96. The van der Waals surface area contributed by atoms with Crippen molar-refractivity contribution in [3.8, 4) is 11.5 Å². The maximum Gasteiger partial charge on any atom is 0.253 e. The number of hydrogen-bond donors (Lipinski definition) is 0. The maximum absolute atomic E-state index is 13.6. The first-order valence-corrected chi connectivity index (χ1v) is 6.22. The van der Waals surface area contributed by atoms with Gasteiger partial charge in [-0.25, -0.2) is 13.2 Å². The fourth-order valence-electron chi connectivity index (χ4n) is 2.16. The zero-order chi connectivity index (χ0) is 14.1. The second kappa shape index (κ2) is 5.24. The number of benzene rings is 1. The van der Waals surface area contributed by atoms with Crippen molar-refractivity contribution in [2.45, 2.75) is 18.8 Å². The lowest BCUT2D eigenvalue weighted by Crippen LogP contribution is -2.15. The first kappa shape index (κ1) is 13.1. The van der Waals surface area contributed by atoms with Crippen molar-refractivity contribution in [1.29, 1.82) is 0 Å². The van der Waals surface area contributed by atoms with Gasteiger partial charge in [-0.3, -0.25) is 0 Å². The molecule has 2 aromatic rings. The van der Waals surface area contributed by atoms with Gasteiger partial charge in [0.1, 0.15) is 11.4 Å². The zero-order valence-electron chi connectivity index (χ0n) is 10.4. The minimum absolute atomic E-state index is 0.0929. The molecule has 1 aliphatic heterocycles. The van der Waals surface area contributed by atoms with Crippen LogP contribution in [0.25, 0.3) is 11.5 Å². The van der Waals surface area contributed by atoms with Gasteiger partial charge < -0.3 is 9.15 Å². The van der Waals surface area contributed by atoms with E-state index in [1.54, 1.807) is 0 Å². The third kappa shape index (κ3) is 2.29. The van der Waals surface area contributed by atoms with Gasteiger partial charge >= 0.3 is 0 Å². The van der Waals surface area contributed by atoms with Crippen LogP contribution in [0.3, 0.4) is 0 Å². The molecular formula is C13H11F3N2O2. The number of halogens is 3. The van der Waals surface area contributed by atoms with Crippen molar-refractivity contribution < 1.29 is 22.3 Å². The van der Waals surface area contributed by atoms with Gasteiger partial charge in [-0.05, 0) is 25.0 Å². The summed E-state index contributed by atoms with van der Waals surface area (Å²) in [5, 5.41) is 7.38. The van der Waals surface area contributed by atoms with Crippen LogP contribution in [0.1, 0.15) is 24.7 Å². The molecule has 1 atom stereocenters. The van der Waals surface area contributed by atoms with E-state index in [-0.39, 0.29) is 17.7 Å². The second-order valence-electron chi connectivity index (χ2n) is 4.58. The topological polar surface area (TPSA) is 48.2 Å². The molecule has 7 heteroatoms. The average molecular weight is 284 g/mol. The predicted octanol–water partition coefficient (Wildman–Crippen LogP) is 3.05. The minimum atomic E-state index is -1.33. The SMILES string of the molecule is Fc1ccc(F)c(-c2nnc(C3CCCOC3)o2)c1F. The quantitative estimate of drug-likeness (QED) is 0.795. The van der Waals surface area contributed by atoms with Crippen LogP contribution in [0.5, 0.6) is 0 Å². The summed E-state index contributed by atoms with van der Waals surface area (Å²) < 4.78 is 51.0. The van der Waals surface area contributed by atoms with Gasteiger partial charge in [0.2, 0.25) is 5.89 Å². The summed E-state index contributed by atoms with van der Waals surface area (Å²) in [6.07, 6.45) is 1.65. The van der Waals surface area contributed by atoms with E-state index < -0.39 is 23.0 Å². The molecule has 1 aromatic heterocycles. The van der Waals surface area contributed by atoms with Crippen LogP contribution in [0.4, 0.5) is 13.2 Å². The minimum Gasteiger partial charge on any atom is -0.420 e. The second-order valence-corrected chi connectivity index (χ2v) is 4.58. The van der Waals surface area contributed by atoms with Crippen LogP contribution in [0.2, 0.25) is 0 Å². The van der Waals surface area contributed by atoms with Crippen molar-refractivity contribution in [2.24, 2.45) is 0 Å². The summed E-state index contributed by atoms with van der Waals surface area (Å²) in [4.78, 5) is 0. The van der Waals surface area contributed by atoms with Crippen LogP contribution < -0.4 is 0 Å². The molecule has 1 fully saturated rings. The summed E-state index contributed by atoms with van der Waals surface area (Å²) in [7, 11) is 0. The maximum atomic E-state index is 13.6. The molecule has 2 heterocycles. The van der Waals surface area contributed by atoms with Crippen molar-refractivity contribution in [3.63, 3.8) is 0 Å². The standard InChI is InChI=1S/C13H11F3N2O2/c14-8-3-4-9(15)11(16)10(8)13-18-17-12(20-13)7-2-1-5-19-6-7/h3-4,7H,1-2,5-6H2. The number of ether oxygens (including phenoxy) is 1. The van der Waals surface area contributed by atoms with Gasteiger partial charge in [-0.1, -0.05) is 0 Å². The molecule has 1 unspecified atom stereocenters. The molecule has 106 valence electrons. The Morgan fingerprint density at radius 1 is 1.10 bits per heavy atom. The fraction of sp³-hybridized carbons (Fsp3) is 0.385. The van der Waals surface area contributed by atoms with Crippen LogP contribution in [-0.4, -0.2) is 23.4 Å². The molecule has 3 rings (SSSR count). The molecule has 20 heavy (non-hydrogen) atoms. The van der Waals surface area contributed by atoms with E-state index in [4.69, 9.17) is 9.15 Å². The van der Waals surface area contributed by atoms with E-state index in [9.17, 15) is 13.2 Å². The average Bonchev–Trinajstić information content (AvgIpc) is 2.94. The summed E-state index contributed by atoms with van der Waals surface area (Å²) in [5.41, 5.74) is -0.638. The number of nitrogens with zero attached hydrogens (tertiary/aromatic N) is 2. The van der Waals surface area contributed by atoms with Gasteiger partial charge in [-0.15, -0.1) is 10.2 Å². The molecule has 0 bridgehead atoms. The first-order chi connectivity index (χ1) is 9.66. The fourth-order valence-corrected chi connectivity index (χ4v) is 2.16. The predicted molar refractivity (Wildman–Crippen MR) is 62.4 cm³/mol. The number of rotatable bonds is 2. The number of aromatic nitrogens is 2. The lowest BCUT2D eigenvalue weighted by Gasteiger charge is -2.18. The summed E-state index contributed by atoms with van der Waals surface area (Å²) >= 11 is 0. The molecule has 0 amide bonds. The van der Waals surface area contributed by atoms with Crippen LogP contribution in [0, 0.1) is 17.5 Å². The highest BCUT2D eigenvalue weighted by Gasteiger charge is 2.25. The zero-order valence-corrected chi connectivity index (χ0v) is 10.4. The van der Waals surface area contributed by atoms with Crippen LogP contribution >= 0.6 is 0 Å². The van der Waals surface area contributed by atoms with Gasteiger partial charge in [0.05, 0.1) is 12.5 Å². The molecular weight excluding hydrogens is 273 g/mol. The molecule has 0 saturated carbocycles. The molecule has 0 N–H and O–H groups in total. The summed E-state index contributed by atoms with van der Waals surface area (Å²) in [6, 6.07) is 1.53. The largest absolute Gasteiger partial charge is 0.420 e. The number of hydrogen-bond acceptors (Lipinski definition) is 4. The van der Waals surface area contributed by atoms with Crippen molar-refractivity contribution in [2.75, 3.05) is 13.2 Å². The van der Waals surface area contributed by atoms with Gasteiger partial charge in [0, 0.05) is 6.61 Å². The highest BCUT2D eigenvalue weighted by molar-refractivity contribution is 5.54. The van der Waals surface area contributed by atoms with Gasteiger partial charge in [0.25, 0.3) is 5.89 Å². The molecule has 1 aliphatic rings. The third-order valence-corrected chi connectivity index (χ3v) is 3.21. The lowest BCUT2D eigenvalue weighted by atomic mass is 10.0. The summed E-state index contributed by atoms with van der Waals surface area (Å²) in [6.45, 7) is 1.10. The van der Waals surface area contributed by atoms with Gasteiger partial charge in [0.15, 0.2) is 11.6 Å². The molecule has 0 spiro atoms. The van der Waals surface area contributed by atoms with Crippen LogP contribution in [-0.2, 0) is 4.74 Å². The first-order valence-electron chi connectivity index (χ1n) is 6.22. The Kier molecular flexibility index (Phi) is 3.43.